The molecule has 1 aromatic heterocycles. The second kappa shape index (κ2) is 11.7. The van der Waals surface area contributed by atoms with Gasteiger partial charge in [-0.25, -0.2) is 0 Å². The van der Waals surface area contributed by atoms with E-state index in [0.29, 0.717) is 0 Å². The highest BCUT2D eigenvalue weighted by atomic mass is 127. The van der Waals surface area contributed by atoms with E-state index in [9.17, 15) is 0 Å². The number of piperidine rings is 1. The minimum Gasteiger partial charge on any atom is -0.356 e. The Morgan fingerprint density at radius 2 is 2.04 bits per heavy atom. The summed E-state index contributed by atoms with van der Waals surface area (Å²) in [6.07, 6.45) is 3.75. The topological polar surface area (TPSA) is 57.5 Å². The lowest BCUT2D eigenvalue weighted by atomic mass is 10.0. The number of nitrogens with zero attached hydrogens (tertiary/aromatic N) is 4. The summed E-state index contributed by atoms with van der Waals surface area (Å²) >= 11 is 0. The van der Waals surface area contributed by atoms with Crippen LogP contribution in [0.5, 0.6) is 0 Å². The van der Waals surface area contributed by atoms with E-state index in [-0.39, 0.29) is 24.0 Å². The molecule has 0 saturated carbocycles. The highest BCUT2D eigenvalue weighted by Crippen LogP contribution is 2.14. The van der Waals surface area contributed by atoms with E-state index < -0.39 is 0 Å². The molecule has 1 atom stereocenters. The standard InChI is InChI=1S/C18H34N6.HI/c1-15-7-5-10-23(14-15)12-9-21-18(19-4)20-8-6-11-24-17(3)13-16(2)22-24;/h13,15H,5-12,14H2,1-4H3,(H2,19,20,21);1H. The van der Waals surface area contributed by atoms with Crippen LogP contribution in [0.4, 0.5) is 0 Å². The molecule has 0 radical (unpaired) electrons. The maximum absolute atomic E-state index is 4.49. The van der Waals surface area contributed by atoms with Crippen LogP contribution in [0.3, 0.4) is 0 Å². The summed E-state index contributed by atoms with van der Waals surface area (Å²) in [6, 6.07) is 2.12. The van der Waals surface area contributed by atoms with E-state index in [0.717, 1.165) is 50.2 Å². The van der Waals surface area contributed by atoms with Gasteiger partial charge in [-0.3, -0.25) is 9.67 Å². The molecule has 6 nitrogen and oxygen atoms in total. The van der Waals surface area contributed by atoms with Gasteiger partial charge in [0, 0.05) is 45.5 Å². The highest BCUT2D eigenvalue weighted by molar-refractivity contribution is 14.0. The zero-order chi connectivity index (χ0) is 17.4. The Labute approximate surface area is 169 Å². The monoisotopic (exact) mass is 462 g/mol. The zero-order valence-corrected chi connectivity index (χ0v) is 18.5. The molecule has 2 N–H and O–H groups in total. The fourth-order valence-corrected chi connectivity index (χ4v) is 3.38. The first-order valence-electron chi connectivity index (χ1n) is 9.26. The van der Waals surface area contributed by atoms with E-state index >= 15 is 0 Å². The summed E-state index contributed by atoms with van der Waals surface area (Å²) in [5, 5.41) is 11.3. The van der Waals surface area contributed by atoms with Crippen LogP contribution in [0.2, 0.25) is 0 Å². The SMILES string of the molecule is CN=C(NCCCn1nc(C)cc1C)NCCN1CCCC(C)C1.I. The van der Waals surface area contributed by atoms with Gasteiger partial charge in [-0.05, 0) is 51.6 Å². The molecule has 2 heterocycles. The maximum Gasteiger partial charge on any atom is 0.191 e. The predicted molar refractivity (Wildman–Crippen MR) is 116 cm³/mol. The van der Waals surface area contributed by atoms with Gasteiger partial charge in [0.1, 0.15) is 0 Å². The Kier molecular flexibility index (Phi) is 10.4. The van der Waals surface area contributed by atoms with Crippen molar-refractivity contribution >= 4 is 29.9 Å². The van der Waals surface area contributed by atoms with Crippen LogP contribution in [0, 0.1) is 19.8 Å². The van der Waals surface area contributed by atoms with Crippen molar-refractivity contribution in [3.63, 3.8) is 0 Å². The summed E-state index contributed by atoms with van der Waals surface area (Å²) < 4.78 is 2.07. The summed E-state index contributed by atoms with van der Waals surface area (Å²) in [4.78, 5) is 6.86. The lowest BCUT2D eigenvalue weighted by Crippen LogP contribution is -2.44. The molecular formula is C18H35IN6. The number of aryl methyl sites for hydroxylation is 3. The second-order valence-corrected chi connectivity index (χ2v) is 6.98. The van der Waals surface area contributed by atoms with Gasteiger partial charge in [-0.15, -0.1) is 24.0 Å². The summed E-state index contributed by atoms with van der Waals surface area (Å²) in [5.74, 6) is 1.74. The van der Waals surface area contributed by atoms with E-state index in [1.807, 2.05) is 14.0 Å². The molecule has 144 valence electrons. The van der Waals surface area contributed by atoms with E-state index in [2.05, 4.69) is 50.2 Å². The number of aliphatic imine (C=N–C) groups is 1. The van der Waals surface area contributed by atoms with Crippen molar-refractivity contribution in [1.82, 2.24) is 25.3 Å². The fraction of sp³-hybridized carbons (Fsp3) is 0.778. The largest absolute Gasteiger partial charge is 0.356 e. The molecule has 1 saturated heterocycles. The van der Waals surface area contributed by atoms with Crippen molar-refractivity contribution < 1.29 is 0 Å². The highest BCUT2D eigenvalue weighted by Gasteiger charge is 2.15. The van der Waals surface area contributed by atoms with Crippen LogP contribution >= 0.6 is 24.0 Å². The predicted octanol–water partition coefficient (Wildman–Crippen LogP) is 2.40. The number of hydrogen-bond donors (Lipinski definition) is 2. The van der Waals surface area contributed by atoms with Gasteiger partial charge in [0.05, 0.1) is 5.69 Å². The Balaban J connectivity index is 0.00000312. The van der Waals surface area contributed by atoms with Crippen molar-refractivity contribution in [3.8, 4) is 0 Å². The molecule has 1 unspecified atom stereocenters. The number of hydrogen-bond acceptors (Lipinski definition) is 3. The first-order valence-corrected chi connectivity index (χ1v) is 9.26. The number of guanidine groups is 1. The van der Waals surface area contributed by atoms with Gasteiger partial charge in [0.2, 0.25) is 0 Å². The van der Waals surface area contributed by atoms with E-state index in [4.69, 9.17) is 0 Å². The second-order valence-electron chi connectivity index (χ2n) is 6.98. The minimum atomic E-state index is 0. The molecule has 1 aliphatic heterocycles. The quantitative estimate of drug-likeness (QED) is 0.283. The average Bonchev–Trinajstić information content (AvgIpc) is 2.87. The molecule has 0 amide bonds. The van der Waals surface area contributed by atoms with Crippen molar-refractivity contribution in [1.29, 1.82) is 0 Å². The smallest absolute Gasteiger partial charge is 0.191 e. The normalized spacial score (nSPS) is 18.7. The maximum atomic E-state index is 4.49. The van der Waals surface area contributed by atoms with Gasteiger partial charge < -0.3 is 15.5 Å². The van der Waals surface area contributed by atoms with Gasteiger partial charge in [0.25, 0.3) is 0 Å². The number of halogens is 1. The molecular weight excluding hydrogens is 427 g/mol. The van der Waals surface area contributed by atoms with Crippen molar-refractivity contribution in [3.05, 3.63) is 17.5 Å². The van der Waals surface area contributed by atoms with Gasteiger partial charge in [-0.1, -0.05) is 6.92 Å². The Morgan fingerprint density at radius 1 is 1.28 bits per heavy atom. The lowest BCUT2D eigenvalue weighted by Gasteiger charge is -2.30. The molecule has 25 heavy (non-hydrogen) atoms. The first kappa shape index (κ1) is 22.2. The lowest BCUT2D eigenvalue weighted by molar-refractivity contribution is 0.187. The zero-order valence-electron chi connectivity index (χ0n) is 16.2. The van der Waals surface area contributed by atoms with Crippen LogP contribution in [-0.4, -0.2) is 60.4 Å². The fourth-order valence-electron chi connectivity index (χ4n) is 3.38. The molecule has 1 aromatic rings. The Bertz CT molecular complexity index is 528. The third-order valence-electron chi connectivity index (χ3n) is 4.63. The van der Waals surface area contributed by atoms with Gasteiger partial charge in [0.15, 0.2) is 5.96 Å². The first-order chi connectivity index (χ1) is 11.6. The van der Waals surface area contributed by atoms with Crippen molar-refractivity contribution in [2.24, 2.45) is 10.9 Å². The Hall–Kier alpha value is -0.830. The number of likely N-dealkylation sites (tertiary alicyclic amines) is 1. The third kappa shape index (κ3) is 7.94. The molecule has 1 aliphatic rings. The number of nitrogens with one attached hydrogen (secondary N) is 2. The number of aromatic nitrogens is 2. The molecule has 0 aliphatic carbocycles. The molecule has 0 aromatic carbocycles. The van der Waals surface area contributed by atoms with Gasteiger partial charge in [-0.2, -0.15) is 5.10 Å². The van der Waals surface area contributed by atoms with Crippen LogP contribution in [0.25, 0.3) is 0 Å². The van der Waals surface area contributed by atoms with E-state index in [1.165, 1.54) is 31.6 Å². The van der Waals surface area contributed by atoms with Gasteiger partial charge >= 0.3 is 0 Å². The molecule has 0 spiro atoms. The van der Waals surface area contributed by atoms with Crippen molar-refractivity contribution in [2.45, 2.75) is 46.6 Å². The Morgan fingerprint density at radius 3 is 2.68 bits per heavy atom. The summed E-state index contributed by atoms with van der Waals surface area (Å²) in [7, 11) is 1.83. The average molecular weight is 462 g/mol. The molecule has 1 fully saturated rings. The van der Waals surface area contributed by atoms with Crippen LogP contribution < -0.4 is 10.6 Å². The molecule has 0 bridgehead atoms. The summed E-state index contributed by atoms with van der Waals surface area (Å²) in [5.41, 5.74) is 2.32. The molecule has 2 rings (SSSR count). The third-order valence-corrected chi connectivity index (χ3v) is 4.63. The number of rotatable bonds is 7. The summed E-state index contributed by atoms with van der Waals surface area (Å²) in [6.45, 7) is 12.8. The minimum absolute atomic E-state index is 0. The van der Waals surface area contributed by atoms with Crippen LogP contribution in [0.1, 0.15) is 37.6 Å². The van der Waals surface area contributed by atoms with E-state index in [1.54, 1.807) is 0 Å². The van der Waals surface area contributed by atoms with Crippen LogP contribution in [-0.2, 0) is 6.54 Å². The van der Waals surface area contributed by atoms with Crippen molar-refractivity contribution in [2.75, 3.05) is 39.8 Å². The molecule has 7 heteroatoms. The van der Waals surface area contributed by atoms with Crippen LogP contribution in [0.15, 0.2) is 11.1 Å².